The predicted octanol–water partition coefficient (Wildman–Crippen LogP) is 2.97. The molecule has 1 aromatic carbocycles. The van der Waals surface area contributed by atoms with E-state index in [-0.39, 0.29) is 6.42 Å². The van der Waals surface area contributed by atoms with E-state index in [9.17, 15) is 4.79 Å². The normalized spacial score (nSPS) is 10.2. The van der Waals surface area contributed by atoms with Gasteiger partial charge in [0.1, 0.15) is 0 Å². The molecule has 0 spiro atoms. The van der Waals surface area contributed by atoms with Crippen LogP contribution in [0.2, 0.25) is 0 Å². The van der Waals surface area contributed by atoms with Crippen LogP contribution in [0.25, 0.3) is 0 Å². The number of benzene rings is 1. The molecule has 2 rings (SSSR count). The highest BCUT2D eigenvalue weighted by atomic mass is 32.1. The zero-order chi connectivity index (χ0) is 11.4. The standard InChI is InChI=1S/C13H12O2S/c14-13(15)8-12-4-2-1-3-11(12)7-10-5-6-16-9-10/h1-6,9H,7-8H2,(H,14,15). The van der Waals surface area contributed by atoms with Crippen LogP contribution in [-0.2, 0) is 17.6 Å². The van der Waals surface area contributed by atoms with Gasteiger partial charge in [0.15, 0.2) is 0 Å². The molecule has 0 unspecified atom stereocenters. The van der Waals surface area contributed by atoms with Gasteiger partial charge in [-0.1, -0.05) is 24.3 Å². The van der Waals surface area contributed by atoms with Crippen LogP contribution in [0.5, 0.6) is 0 Å². The van der Waals surface area contributed by atoms with Gasteiger partial charge >= 0.3 is 5.97 Å². The maximum atomic E-state index is 10.7. The summed E-state index contributed by atoms with van der Waals surface area (Å²) in [5.41, 5.74) is 3.24. The van der Waals surface area contributed by atoms with E-state index in [0.717, 1.165) is 17.5 Å². The van der Waals surface area contributed by atoms with Crippen molar-refractivity contribution in [2.45, 2.75) is 12.8 Å². The van der Waals surface area contributed by atoms with Gasteiger partial charge in [0, 0.05) is 0 Å². The number of carboxylic acid groups (broad SMARTS) is 1. The number of hydrogen-bond donors (Lipinski definition) is 1. The van der Waals surface area contributed by atoms with E-state index in [1.165, 1.54) is 5.56 Å². The molecule has 3 heteroatoms. The van der Waals surface area contributed by atoms with Crippen molar-refractivity contribution in [2.24, 2.45) is 0 Å². The fourth-order valence-electron chi connectivity index (χ4n) is 1.68. The minimum Gasteiger partial charge on any atom is -0.481 e. The second kappa shape index (κ2) is 4.94. The molecule has 1 heterocycles. The Hall–Kier alpha value is -1.61. The van der Waals surface area contributed by atoms with E-state index >= 15 is 0 Å². The van der Waals surface area contributed by atoms with Crippen LogP contribution >= 0.6 is 11.3 Å². The molecular weight excluding hydrogens is 220 g/mol. The van der Waals surface area contributed by atoms with E-state index in [1.807, 2.05) is 29.6 Å². The third kappa shape index (κ3) is 2.70. The smallest absolute Gasteiger partial charge is 0.307 e. The number of carboxylic acids is 1. The molecule has 0 aliphatic rings. The lowest BCUT2D eigenvalue weighted by Gasteiger charge is -2.06. The Balaban J connectivity index is 2.22. The van der Waals surface area contributed by atoms with Crippen LogP contribution in [0.4, 0.5) is 0 Å². The molecule has 0 atom stereocenters. The molecule has 0 bridgehead atoms. The Morgan fingerprint density at radius 3 is 2.56 bits per heavy atom. The number of aliphatic carboxylic acids is 1. The minimum absolute atomic E-state index is 0.0975. The SMILES string of the molecule is O=C(O)Cc1ccccc1Cc1ccsc1. The maximum Gasteiger partial charge on any atom is 0.307 e. The van der Waals surface area contributed by atoms with Crippen molar-refractivity contribution in [1.29, 1.82) is 0 Å². The summed E-state index contributed by atoms with van der Waals surface area (Å²) in [5, 5.41) is 13.0. The Morgan fingerprint density at radius 1 is 1.19 bits per heavy atom. The molecular formula is C13H12O2S. The summed E-state index contributed by atoms with van der Waals surface area (Å²) in [4.78, 5) is 10.7. The fourth-order valence-corrected chi connectivity index (χ4v) is 2.35. The van der Waals surface area contributed by atoms with Crippen LogP contribution < -0.4 is 0 Å². The highest BCUT2D eigenvalue weighted by molar-refractivity contribution is 7.07. The Labute approximate surface area is 98.2 Å². The molecule has 1 aromatic heterocycles. The first kappa shape index (κ1) is 10.9. The summed E-state index contributed by atoms with van der Waals surface area (Å²) in [6, 6.07) is 9.79. The van der Waals surface area contributed by atoms with Crippen LogP contribution in [0.3, 0.4) is 0 Å². The molecule has 0 saturated carbocycles. The molecule has 0 amide bonds. The van der Waals surface area contributed by atoms with Crippen molar-refractivity contribution < 1.29 is 9.90 Å². The van der Waals surface area contributed by atoms with Crippen molar-refractivity contribution >= 4 is 17.3 Å². The highest BCUT2D eigenvalue weighted by Gasteiger charge is 2.06. The van der Waals surface area contributed by atoms with Crippen LogP contribution in [0, 0.1) is 0 Å². The van der Waals surface area contributed by atoms with Gasteiger partial charge < -0.3 is 5.11 Å². The van der Waals surface area contributed by atoms with Crippen molar-refractivity contribution in [1.82, 2.24) is 0 Å². The van der Waals surface area contributed by atoms with Crippen molar-refractivity contribution in [2.75, 3.05) is 0 Å². The Bertz CT molecular complexity index is 474. The second-order valence-corrected chi connectivity index (χ2v) is 4.43. The monoisotopic (exact) mass is 232 g/mol. The van der Waals surface area contributed by atoms with Crippen LogP contribution in [0.15, 0.2) is 41.1 Å². The maximum absolute atomic E-state index is 10.7. The summed E-state index contributed by atoms with van der Waals surface area (Å²) in [5.74, 6) is -0.780. The largest absolute Gasteiger partial charge is 0.481 e. The summed E-state index contributed by atoms with van der Waals surface area (Å²) in [7, 11) is 0. The molecule has 2 aromatic rings. The Morgan fingerprint density at radius 2 is 1.94 bits per heavy atom. The van der Waals surface area contributed by atoms with Crippen molar-refractivity contribution in [3.05, 3.63) is 57.8 Å². The third-order valence-corrected chi connectivity index (χ3v) is 3.17. The molecule has 0 radical (unpaired) electrons. The van der Waals surface area contributed by atoms with Gasteiger partial charge in [-0.05, 0) is 39.9 Å². The highest BCUT2D eigenvalue weighted by Crippen LogP contribution is 2.16. The fraction of sp³-hybridized carbons (Fsp3) is 0.154. The number of thiophene rings is 1. The van der Waals surface area contributed by atoms with E-state index in [1.54, 1.807) is 11.3 Å². The summed E-state index contributed by atoms with van der Waals surface area (Å²) in [6.45, 7) is 0. The number of rotatable bonds is 4. The first-order valence-electron chi connectivity index (χ1n) is 5.05. The minimum atomic E-state index is -0.780. The Kier molecular flexibility index (Phi) is 3.37. The molecule has 16 heavy (non-hydrogen) atoms. The van der Waals surface area contributed by atoms with E-state index in [2.05, 4.69) is 11.4 Å². The van der Waals surface area contributed by atoms with Gasteiger partial charge in [0.2, 0.25) is 0 Å². The van der Waals surface area contributed by atoms with E-state index in [0.29, 0.717) is 0 Å². The predicted molar refractivity (Wildman–Crippen MR) is 64.9 cm³/mol. The molecule has 0 fully saturated rings. The average Bonchev–Trinajstić information content (AvgIpc) is 2.73. The van der Waals surface area contributed by atoms with Gasteiger partial charge in [-0.3, -0.25) is 4.79 Å². The second-order valence-electron chi connectivity index (χ2n) is 3.65. The van der Waals surface area contributed by atoms with Crippen LogP contribution in [0.1, 0.15) is 16.7 Å². The molecule has 0 aliphatic heterocycles. The topological polar surface area (TPSA) is 37.3 Å². The summed E-state index contributed by atoms with van der Waals surface area (Å²) < 4.78 is 0. The van der Waals surface area contributed by atoms with Crippen molar-refractivity contribution in [3.8, 4) is 0 Å². The first-order valence-corrected chi connectivity index (χ1v) is 5.99. The molecule has 2 nitrogen and oxygen atoms in total. The lowest BCUT2D eigenvalue weighted by molar-refractivity contribution is -0.136. The zero-order valence-electron chi connectivity index (χ0n) is 8.72. The first-order chi connectivity index (χ1) is 7.75. The lowest BCUT2D eigenvalue weighted by atomic mass is 9.99. The van der Waals surface area contributed by atoms with E-state index in [4.69, 9.17) is 5.11 Å². The van der Waals surface area contributed by atoms with Crippen molar-refractivity contribution in [3.63, 3.8) is 0 Å². The lowest BCUT2D eigenvalue weighted by Crippen LogP contribution is -2.03. The zero-order valence-corrected chi connectivity index (χ0v) is 9.54. The summed E-state index contributed by atoms with van der Waals surface area (Å²) >= 11 is 1.66. The van der Waals surface area contributed by atoms with Gasteiger partial charge in [0.05, 0.1) is 6.42 Å². The molecule has 1 N–H and O–H groups in total. The van der Waals surface area contributed by atoms with Gasteiger partial charge in [0.25, 0.3) is 0 Å². The van der Waals surface area contributed by atoms with Gasteiger partial charge in [-0.2, -0.15) is 11.3 Å². The molecule has 0 aliphatic carbocycles. The average molecular weight is 232 g/mol. The van der Waals surface area contributed by atoms with Gasteiger partial charge in [-0.25, -0.2) is 0 Å². The van der Waals surface area contributed by atoms with Gasteiger partial charge in [-0.15, -0.1) is 0 Å². The quantitative estimate of drug-likeness (QED) is 0.880. The van der Waals surface area contributed by atoms with E-state index < -0.39 is 5.97 Å². The number of carbonyl (C=O) groups is 1. The molecule has 82 valence electrons. The summed E-state index contributed by atoms with van der Waals surface area (Å²) in [6.07, 6.45) is 0.910. The number of hydrogen-bond acceptors (Lipinski definition) is 2. The van der Waals surface area contributed by atoms with Crippen LogP contribution in [-0.4, -0.2) is 11.1 Å². The third-order valence-electron chi connectivity index (χ3n) is 2.43. The molecule has 0 saturated heterocycles.